The van der Waals surface area contributed by atoms with Crippen LogP contribution in [0.15, 0.2) is 66.0 Å². The van der Waals surface area contributed by atoms with Crippen molar-refractivity contribution < 1.29 is 14.3 Å². The lowest BCUT2D eigenvalue weighted by Crippen LogP contribution is -2.41. The van der Waals surface area contributed by atoms with E-state index in [0.717, 1.165) is 56.3 Å². The van der Waals surface area contributed by atoms with Crippen LogP contribution in [0.25, 0.3) is 0 Å². The number of carbonyl (C=O) groups excluding carboxylic acids is 2. The van der Waals surface area contributed by atoms with Gasteiger partial charge in [0.05, 0.1) is 6.04 Å². The summed E-state index contributed by atoms with van der Waals surface area (Å²) >= 11 is 1.82. The number of benzene rings is 2. The van der Waals surface area contributed by atoms with Crippen molar-refractivity contribution in [3.8, 4) is 5.75 Å². The van der Waals surface area contributed by atoms with Crippen LogP contribution in [-0.4, -0.2) is 41.8 Å². The van der Waals surface area contributed by atoms with E-state index < -0.39 is 12.0 Å². The molecule has 0 saturated heterocycles. The summed E-state index contributed by atoms with van der Waals surface area (Å²) in [6.45, 7) is 4.39. The van der Waals surface area contributed by atoms with Crippen molar-refractivity contribution in [3.63, 3.8) is 0 Å². The van der Waals surface area contributed by atoms with Crippen molar-refractivity contribution in [2.24, 2.45) is 5.73 Å². The fraction of sp³-hybridized carbons (Fsp3) is 0.400. The van der Waals surface area contributed by atoms with Crippen LogP contribution < -0.4 is 10.5 Å². The highest BCUT2D eigenvalue weighted by molar-refractivity contribution is 7.09. The van der Waals surface area contributed by atoms with E-state index in [1.807, 2.05) is 53.8 Å². The lowest BCUT2D eigenvalue weighted by atomic mass is 9.86. The third-order valence-corrected chi connectivity index (χ3v) is 7.86. The molecule has 36 heavy (non-hydrogen) atoms. The summed E-state index contributed by atoms with van der Waals surface area (Å²) in [6.07, 6.45) is 5.16. The van der Waals surface area contributed by atoms with Gasteiger partial charge in [-0.3, -0.25) is 14.5 Å². The van der Waals surface area contributed by atoms with Gasteiger partial charge >= 0.3 is 5.97 Å². The van der Waals surface area contributed by atoms with Crippen LogP contribution >= 0.6 is 11.3 Å². The molecule has 0 fully saturated rings. The molecule has 2 aromatic carbocycles. The fourth-order valence-corrected chi connectivity index (χ4v) is 5.75. The van der Waals surface area contributed by atoms with Gasteiger partial charge in [-0.15, -0.1) is 11.3 Å². The topological polar surface area (TPSA) is 72.6 Å². The molecule has 1 aliphatic carbocycles. The summed E-state index contributed by atoms with van der Waals surface area (Å²) in [5.74, 6) is -0.252. The molecule has 2 atom stereocenters. The van der Waals surface area contributed by atoms with Gasteiger partial charge in [0, 0.05) is 17.5 Å². The molecule has 2 N–H and O–H groups in total. The van der Waals surface area contributed by atoms with E-state index in [1.54, 1.807) is 0 Å². The van der Waals surface area contributed by atoms with E-state index in [-0.39, 0.29) is 12.2 Å². The zero-order chi connectivity index (χ0) is 25.3. The molecule has 1 aromatic heterocycles. The second kappa shape index (κ2) is 12.9. The third-order valence-electron chi connectivity index (χ3n) is 6.92. The van der Waals surface area contributed by atoms with Crippen molar-refractivity contribution in [2.45, 2.75) is 64.0 Å². The van der Waals surface area contributed by atoms with Gasteiger partial charge in [-0.25, -0.2) is 0 Å². The normalized spacial score (nSPS) is 15.9. The van der Waals surface area contributed by atoms with Gasteiger partial charge in [-0.05, 0) is 79.3 Å². The van der Waals surface area contributed by atoms with Crippen molar-refractivity contribution in [2.75, 3.05) is 13.1 Å². The molecule has 0 aliphatic heterocycles. The lowest BCUT2D eigenvalue weighted by molar-refractivity contribution is -0.138. The van der Waals surface area contributed by atoms with Gasteiger partial charge in [-0.2, -0.15) is 0 Å². The van der Waals surface area contributed by atoms with Gasteiger partial charge in [0.25, 0.3) is 0 Å². The van der Waals surface area contributed by atoms with Crippen LogP contribution in [0, 0.1) is 0 Å². The van der Waals surface area contributed by atoms with Gasteiger partial charge in [-0.1, -0.05) is 55.5 Å². The maximum atomic E-state index is 12.6. The molecule has 1 heterocycles. The zero-order valence-corrected chi connectivity index (χ0v) is 21.8. The molecular weight excluding hydrogens is 468 g/mol. The molecule has 4 rings (SSSR count). The monoisotopic (exact) mass is 504 g/mol. The Hall–Kier alpha value is -2.80. The molecule has 1 aliphatic rings. The molecule has 0 spiro atoms. The maximum Gasteiger partial charge on any atom is 0.318 e. The number of esters is 1. The Kier molecular flexibility index (Phi) is 9.45. The molecular formula is C30H36N2O3S. The average Bonchev–Trinajstić information content (AvgIpc) is 3.40. The van der Waals surface area contributed by atoms with E-state index in [9.17, 15) is 9.59 Å². The number of hydrogen-bond acceptors (Lipinski definition) is 6. The molecule has 0 saturated carbocycles. The summed E-state index contributed by atoms with van der Waals surface area (Å²) in [7, 11) is 0. The van der Waals surface area contributed by atoms with Gasteiger partial charge in [0.2, 0.25) is 0 Å². The SMILES string of the molecule is CCCN(CCc1cccs1)[C@H]1CCc2c(cccc2OC(=O)CC(=O)[C@@H](N)Cc2ccccc2)C1. The maximum absolute atomic E-state index is 12.6. The number of hydrogen-bond donors (Lipinski definition) is 1. The Balaban J connectivity index is 1.34. The number of thiophene rings is 1. The second-order valence-electron chi connectivity index (χ2n) is 9.57. The first-order valence-electron chi connectivity index (χ1n) is 12.9. The number of carbonyl (C=O) groups is 2. The van der Waals surface area contributed by atoms with Crippen LogP contribution in [0.2, 0.25) is 0 Å². The van der Waals surface area contributed by atoms with E-state index in [0.29, 0.717) is 18.2 Å². The van der Waals surface area contributed by atoms with Gasteiger partial charge in [0.15, 0.2) is 5.78 Å². The standard InChI is InChI=1S/C30H36N2O3S/c1-2-16-32(17-15-25-11-7-18-36-25)24-13-14-26-23(20-24)10-6-12-29(26)35-30(34)21-28(33)27(31)19-22-8-4-3-5-9-22/h3-12,18,24,27H,2,13-17,19-21,31H2,1H3/t24-,27-/m0/s1. The summed E-state index contributed by atoms with van der Waals surface area (Å²) in [6, 6.07) is 19.6. The lowest BCUT2D eigenvalue weighted by Gasteiger charge is -2.35. The highest BCUT2D eigenvalue weighted by Gasteiger charge is 2.27. The van der Waals surface area contributed by atoms with E-state index >= 15 is 0 Å². The first kappa shape index (κ1) is 26.3. The Bertz CT molecular complexity index is 1130. The van der Waals surface area contributed by atoms with Crippen LogP contribution in [0.4, 0.5) is 0 Å². The average molecular weight is 505 g/mol. The quantitative estimate of drug-likeness (QED) is 0.214. The minimum Gasteiger partial charge on any atom is -0.426 e. The molecule has 5 nitrogen and oxygen atoms in total. The molecule has 0 radical (unpaired) electrons. The molecule has 0 bridgehead atoms. The number of ether oxygens (including phenoxy) is 1. The van der Waals surface area contributed by atoms with Crippen molar-refractivity contribution in [1.29, 1.82) is 0 Å². The van der Waals surface area contributed by atoms with E-state index in [4.69, 9.17) is 10.5 Å². The Morgan fingerprint density at radius 3 is 2.67 bits per heavy atom. The first-order chi connectivity index (χ1) is 17.5. The Morgan fingerprint density at radius 2 is 1.92 bits per heavy atom. The van der Waals surface area contributed by atoms with Gasteiger partial charge in [0.1, 0.15) is 12.2 Å². The minimum absolute atomic E-state index is 0.297. The molecule has 0 amide bonds. The molecule has 6 heteroatoms. The predicted octanol–water partition coefficient (Wildman–Crippen LogP) is 4.99. The third kappa shape index (κ3) is 7.12. The van der Waals surface area contributed by atoms with E-state index in [2.05, 4.69) is 35.4 Å². The van der Waals surface area contributed by atoms with Crippen molar-refractivity contribution in [1.82, 2.24) is 4.90 Å². The smallest absolute Gasteiger partial charge is 0.318 e. The molecule has 3 aromatic rings. The highest BCUT2D eigenvalue weighted by atomic mass is 32.1. The number of rotatable bonds is 12. The highest BCUT2D eigenvalue weighted by Crippen LogP contribution is 2.32. The van der Waals surface area contributed by atoms with Crippen LogP contribution in [0.3, 0.4) is 0 Å². The zero-order valence-electron chi connectivity index (χ0n) is 21.0. The molecule has 190 valence electrons. The second-order valence-corrected chi connectivity index (χ2v) is 10.6. The Labute approximate surface area is 218 Å². The summed E-state index contributed by atoms with van der Waals surface area (Å²) in [5, 5.41) is 2.14. The fourth-order valence-electron chi connectivity index (χ4n) is 5.05. The number of Topliss-reactive ketones (excluding diaryl/α,β-unsaturated/α-hetero) is 1. The summed E-state index contributed by atoms with van der Waals surface area (Å²) < 4.78 is 5.70. The summed E-state index contributed by atoms with van der Waals surface area (Å²) in [5.41, 5.74) is 9.37. The van der Waals surface area contributed by atoms with Crippen LogP contribution in [0.5, 0.6) is 5.75 Å². The van der Waals surface area contributed by atoms with E-state index in [1.165, 1.54) is 10.4 Å². The van der Waals surface area contributed by atoms with Crippen LogP contribution in [0.1, 0.15) is 47.8 Å². The number of ketones is 1. The number of fused-ring (bicyclic) bond motifs is 1. The van der Waals surface area contributed by atoms with Crippen LogP contribution in [-0.2, 0) is 35.3 Å². The van der Waals surface area contributed by atoms with Crippen molar-refractivity contribution in [3.05, 3.63) is 87.6 Å². The largest absolute Gasteiger partial charge is 0.426 e. The Morgan fingerprint density at radius 1 is 1.08 bits per heavy atom. The first-order valence-corrected chi connectivity index (χ1v) is 13.8. The number of nitrogens with two attached hydrogens (primary N) is 1. The number of nitrogens with zero attached hydrogens (tertiary/aromatic N) is 1. The minimum atomic E-state index is -0.718. The predicted molar refractivity (Wildman–Crippen MR) is 146 cm³/mol. The van der Waals surface area contributed by atoms with Gasteiger partial charge < -0.3 is 10.5 Å². The summed E-state index contributed by atoms with van der Waals surface area (Å²) in [4.78, 5) is 29.2. The van der Waals surface area contributed by atoms with Crippen molar-refractivity contribution >= 4 is 23.1 Å². The molecule has 0 unspecified atom stereocenters.